The molecule has 0 bridgehead atoms. The van der Waals surface area contributed by atoms with Crippen LogP contribution in [0, 0.1) is 0 Å². The van der Waals surface area contributed by atoms with Gasteiger partial charge in [-0.1, -0.05) is 60.7 Å². The highest BCUT2D eigenvalue weighted by Crippen LogP contribution is 2.24. The van der Waals surface area contributed by atoms with Gasteiger partial charge in [0.2, 0.25) is 5.91 Å². The monoisotopic (exact) mass is 397 g/mol. The smallest absolute Gasteiger partial charge is 0.232 e. The van der Waals surface area contributed by atoms with Gasteiger partial charge in [0.15, 0.2) is 0 Å². The van der Waals surface area contributed by atoms with Gasteiger partial charge in [-0.25, -0.2) is 0 Å². The third-order valence-corrected chi connectivity index (χ3v) is 6.50. The first-order valence-electron chi connectivity index (χ1n) is 10.0. The van der Waals surface area contributed by atoms with Crippen LogP contribution < -0.4 is 5.32 Å². The number of nitrogens with one attached hydrogen (secondary N) is 1. The van der Waals surface area contributed by atoms with E-state index in [1.165, 1.54) is 11.1 Å². The number of piperazine rings is 1. The molecule has 1 fully saturated rings. The molecule has 1 aliphatic heterocycles. The normalized spacial score (nSPS) is 19.3. The van der Waals surface area contributed by atoms with Crippen LogP contribution >= 0.6 is 11.8 Å². The maximum atomic E-state index is 12.5. The predicted molar refractivity (Wildman–Crippen MR) is 118 cm³/mol. The van der Waals surface area contributed by atoms with Crippen LogP contribution in [0.15, 0.2) is 60.7 Å². The lowest BCUT2D eigenvalue weighted by atomic mass is 10.0. The van der Waals surface area contributed by atoms with Crippen LogP contribution in [0.25, 0.3) is 0 Å². The number of nitrogens with zero attached hydrogens (tertiary/aromatic N) is 2. The first kappa shape index (κ1) is 20.9. The molecule has 0 saturated carbocycles. The summed E-state index contributed by atoms with van der Waals surface area (Å²) in [7, 11) is 2.18. The summed E-state index contributed by atoms with van der Waals surface area (Å²) in [5, 5.41) is 3.09. The largest absolute Gasteiger partial charge is 0.354 e. The first-order chi connectivity index (χ1) is 13.6. The van der Waals surface area contributed by atoms with E-state index in [1.807, 2.05) is 25.1 Å². The molecule has 2 aromatic carbocycles. The van der Waals surface area contributed by atoms with E-state index in [0.717, 1.165) is 31.9 Å². The van der Waals surface area contributed by atoms with E-state index < -0.39 is 0 Å². The number of benzene rings is 2. The average Bonchev–Trinajstić information content (AvgIpc) is 2.74. The van der Waals surface area contributed by atoms with Gasteiger partial charge in [-0.15, -0.1) is 11.8 Å². The summed E-state index contributed by atoms with van der Waals surface area (Å²) in [6.45, 7) is 6.70. The summed E-state index contributed by atoms with van der Waals surface area (Å²) >= 11 is 1.69. The highest BCUT2D eigenvalue weighted by Gasteiger charge is 2.26. The molecule has 1 aliphatic rings. The molecule has 1 amide bonds. The number of carbonyl (C=O) groups excluding carboxylic acids is 1. The number of likely N-dealkylation sites (N-methyl/N-ethyl adjacent to an activating group) is 1. The van der Waals surface area contributed by atoms with Crippen LogP contribution in [0.4, 0.5) is 0 Å². The molecule has 1 saturated heterocycles. The topological polar surface area (TPSA) is 35.6 Å². The fourth-order valence-corrected chi connectivity index (χ4v) is 4.42. The summed E-state index contributed by atoms with van der Waals surface area (Å²) in [6.07, 6.45) is 0. The Morgan fingerprint density at radius 2 is 1.79 bits per heavy atom. The second-order valence-corrected chi connectivity index (χ2v) is 8.78. The molecule has 4 nitrogen and oxygen atoms in total. The Morgan fingerprint density at radius 1 is 1.11 bits per heavy atom. The van der Waals surface area contributed by atoms with Gasteiger partial charge in [0.1, 0.15) is 0 Å². The predicted octanol–water partition coefficient (Wildman–Crippen LogP) is 3.41. The first-order valence-corrected chi connectivity index (χ1v) is 11.1. The number of hydrogen-bond acceptors (Lipinski definition) is 4. The van der Waals surface area contributed by atoms with E-state index in [9.17, 15) is 4.79 Å². The molecule has 1 heterocycles. The molecular formula is C23H31N3OS. The van der Waals surface area contributed by atoms with E-state index in [-0.39, 0.29) is 11.2 Å². The molecule has 1 N–H and O–H groups in total. The highest BCUT2D eigenvalue weighted by molar-refractivity contribution is 7.99. The molecule has 150 valence electrons. The lowest BCUT2D eigenvalue weighted by Gasteiger charge is -2.40. The molecule has 0 aliphatic carbocycles. The number of thioether (sulfide) groups is 1. The van der Waals surface area contributed by atoms with Crippen LogP contribution in [0.1, 0.15) is 24.1 Å². The van der Waals surface area contributed by atoms with E-state index >= 15 is 0 Å². The van der Waals surface area contributed by atoms with Crippen LogP contribution in [-0.4, -0.2) is 60.7 Å². The Balaban J connectivity index is 1.45. The van der Waals surface area contributed by atoms with Gasteiger partial charge >= 0.3 is 0 Å². The van der Waals surface area contributed by atoms with E-state index in [4.69, 9.17) is 0 Å². The second-order valence-electron chi connectivity index (χ2n) is 7.45. The fraction of sp³-hybridized carbons (Fsp3) is 0.435. The van der Waals surface area contributed by atoms with Gasteiger partial charge in [0, 0.05) is 44.5 Å². The summed E-state index contributed by atoms with van der Waals surface area (Å²) in [4.78, 5) is 17.3. The Hall–Kier alpha value is -1.82. The molecule has 28 heavy (non-hydrogen) atoms. The minimum absolute atomic E-state index is 0.0439. The molecule has 2 atom stereocenters. The quantitative estimate of drug-likeness (QED) is 0.740. The third kappa shape index (κ3) is 6.09. The van der Waals surface area contributed by atoms with Crippen molar-refractivity contribution in [2.24, 2.45) is 0 Å². The second kappa shape index (κ2) is 10.6. The summed E-state index contributed by atoms with van der Waals surface area (Å²) < 4.78 is 0. The van der Waals surface area contributed by atoms with Gasteiger partial charge in [0.05, 0.1) is 5.25 Å². The van der Waals surface area contributed by atoms with Crippen LogP contribution in [-0.2, 0) is 10.5 Å². The van der Waals surface area contributed by atoms with Crippen LogP contribution in [0.5, 0.6) is 0 Å². The number of amides is 1. The lowest BCUT2D eigenvalue weighted by molar-refractivity contribution is -0.120. The molecule has 5 heteroatoms. The SMILES string of the molecule is C[C@@H](SCc1ccccc1)C(=O)NCCN1CCN(C)C[C@@H]1c1ccccc1. The molecular weight excluding hydrogens is 366 g/mol. The molecule has 0 radical (unpaired) electrons. The Labute approximate surface area is 173 Å². The average molecular weight is 398 g/mol. The van der Waals surface area contributed by atoms with Gasteiger partial charge in [-0.3, -0.25) is 9.69 Å². The fourth-order valence-electron chi connectivity index (χ4n) is 3.55. The highest BCUT2D eigenvalue weighted by atomic mass is 32.2. The zero-order chi connectivity index (χ0) is 19.8. The summed E-state index contributed by atoms with van der Waals surface area (Å²) in [6, 6.07) is 21.4. The number of carbonyl (C=O) groups is 1. The molecule has 0 aromatic heterocycles. The Kier molecular flexibility index (Phi) is 7.95. The van der Waals surface area contributed by atoms with Gasteiger partial charge < -0.3 is 10.2 Å². The van der Waals surface area contributed by atoms with Crippen molar-refractivity contribution >= 4 is 17.7 Å². The molecule has 0 spiro atoms. The van der Waals surface area contributed by atoms with Crippen molar-refractivity contribution in [3.05, 3.63) is 71.8 Å². The van der Waals surface area contributed by atoms with Crippen molar-refractivity contribution in [1.82, 2.24) is 15.1 Å². The Bertz CT molecular complexity index is 725. The van der Waals surface area contributed by atoms with Gasteiger partial charge in [0.25, 0.3) is 0 Å². The van der Waals surface area contributed by atoms with Crippen molar-refractivity contribution in [1.29, 1.82) is 0 Å². The minimum atomic E-state index is -0.0439. The zero-order valence-electron chi connectivity index (χ0n) is 16.9. The minimum Gasteiger partial charge on any atom is -0.354 e. The van der Waals surface area contributed by atoms with Crippen LogP contribution in [0.2, 0.25) is 0 Å². The molecule has 0 unspecified atom stereocenters. The van der Waals surface area contributed by atoms with Crippen molar-refractivity contribution < 1.29 is 4.79 Å². The third-order valence-electron chi connectivity index (χ3n) is 5.29. The zero-order valence-corrected chi connectivity index (χ0v) is 17.7. The maximum Gasteiger partial charge on any atom is 0.232 e. The van der Waals surface area contributed by atoms with Gasteiger partial charge in [-0.05, 0) is 25.1 Å². The van der Waals surface area contributed by atoms with Crippen molar-refractivity contribution in [3.63, 3.8) is 0 Å². The molecule has 3 rings (SSSR count). The maximum absolute atomic E-state index is 12.5. The van der Waals surface area contributed by atoms with Gasteiger partial charge in [-0.2, -0.15) is 0 Å². The van der Waals surface area contributed by atoms with Crippen molar-refractivity contribution in [2.45, 2.75) is 24.0 Å². The lowest BCUT2D eigenvalue weighted by Crippen LogP contribution is -2.49. The standard InChI is InChI=1S/C23H31N3OS/c1-19(28-18-20-9-5-3-6-10-20)23(27)24-13-14-26-16-15-25(2)17-22(26)21-11-7-4-8-12-21/h3-12,19,22H,13-18H2,1-2H3,(H,24,27)/t19-,22-/m1/s1. The number of rotatable bonds is 8. The number of hydrogen-bond donors (Lipinski definition) is 1. The van der Waals surface area contributed by atoms with Crippen molar-refractivity contribution in [2.75, 3.05) is 39.8 Å². The van der Waals surface area contributed by atoms with Crippen LogP contribution in [0.3, 0.4) is 0 Å². The van der Waals surface area contributed by atoms with Crippen molar-refractivity contribution in [3.8, 4) is 0 Å². The van der Waals surface area contributed by atoms with E-state index in [1.54, 1.807) is 11.8 Å². The Morgan fingerprint density at radius 3 is 2.50 bits per heavy atom. The summed E-state index contributed by atoms with van der Waals surface area (Å²) in [5.41, 5.74) is 2.61. The molecule has 2 aromatic rings. The van der Waals surface area contributed by atoms with E-state index in [0.29, 0.717) is 12.6 Å². The van der Waals surface area contributed by atoms with E-state index in [2.05, 4.69) is 64.6 Å². The summed E-state index contributed by atoms with van der Waals surface area (Å²) in [5.74, 6) is 0.996.